The monoisotopic (exact) mass is 256 g/mol. The zero-order valence-corrected chi connectivity index (χ0v) is 11.2. The maximum Gasteiger partial charge on any atom is 0.245 e. The molecule has 2 heterocycles. The number of hydrogen-bond acceptors (Lipinski definition) is 3. The number of thioether (sulfide) groups is 1. The van der Waals surface area contributed by atoms with Crippen LogP contribution in [-0.4, -0.2) is 59.3 Å². The molecule has 2 fully saturated rings. The molecule has 1 atom stereocenters. The first-order chi connectivity index (χ1) is 8.24. The van der Waals surface area contributed by atoms with Crippen LogP contribution in [0.25, 0.3) is 0 Å². The van der Waals surface area contributed by atoms with Crippen molar-refractivity contribution < 1.29 is 9.59 Å². The Labute approximate surface area is 107 Å². The highest BCUT2D eigenvalue weighted by molar-refractivity contribution is 7.98. The average molecular weight is 256 g/mol. The van der Waals surface area contributed by atoms with Gasteiger partial charge >= 0.3 is 0 Å². The Kier molecular flexibility index (Phi) is 4.31. The van der Waals surface area contributed by atoms with Crippen molar-refractivity contribution >= 4 is 23.6 Å². The van der Waals surface area contributed by atoms with Crippen molar-refractivity contribution in [2.24, 2.45) is 0 Å². The van der Waals surface area contributed by atoms with Crippen LogP contribution in [0.1, 0.15) is 25.7 Å². The highest BCUT2D eigenvalue weighted by Gasteiger charge is 2.38. The van der Waals surface area contributed by atoms with Crippen LogP contribution in [-0.2, 0) is 9.59 Å². The van der Waals surface area contributed by atoms with Gasteiger partial charge in [0.25, 0.3) is 0 Å². The van der Waals surface area contributed by atoms with Gasteiger partial charge in [-0.25, -0.2) is 0 Å². The van der Waals surface area contributed by atoms with Crippen LogP contribution >= 0.6 is 11.8 Å². The number of nitrogens with zero attached hydrogens (tertiary/aromatic N) is 2. The fraction of sp³-hybridized carbons (Fsp3) is 0.833. The Hall–Kier alpha value is -0.710. The minimum atomic E-state index is -0.153. The largest absolute Gasteiger partial charge is 0.340 e. The molecule has 0 saturated carbocycles. The van der Waals surface area contributed by atoms with E-state index in [1.807, 2.05) is 4.90 Å². The second-order valence-electron chi connectivity index (χ2n) is 4.67. The standard InChI is InChI=1S/C12H20N2O2S/c1-17-9-3-6-13-8-5-11(15)14-7-2-4-10(14)12(13)16/h10H,2-9H2,1H3. The molecule has 0 aliphatic carbocycles. The van der Waals surface area contributed by atoms with E-state index in [4.69, 9.17) is 0 Å². The Balaban J connectivity index is 1.99. The average Bonchev–Trinajstić information content (AvgIpc) is 2.77. The normalized spacial score (nSPS) is 25.1. The smallest absolute Gasteiger partial charge is 0.245 e. The van der Waals surface area contributed by atoms with Crippen LogP contribution in [0.4, 0.5) is 0 Å². The van der Waals surface area contributed by atoms with Gasteiger partial charge < -0.3 is 9.80 Å². The lowest BCUT2D eigenvalue weighted by atomic mass is 10.2. The minimum Gasteiger partial charge on any atom is -0.340 e. The number of rotatable bonds is 4. The van der Waals surface area contributed by atoms with E-state index in [2.05, 4.69) is 6.26 Å². The molecule has 0 aromatic rings. The summed E-state index contributed by atoms with van der Waals surface area (Å²) in [6.45, 7) is 2.18. The summed E-state index contributed by atoms with van der Waals surface area (Å²) in [5.74, 6) is 1.41. The number of hydrogen-bond donors (Lipinski definition) is 0. The van der Waals surface area contributed by atoms with E-state index < -0.39 is 0 Å². The Morgan fingerprint density at radius 1 is 1.35 bits per heavy atom. The van der Waals surface area contributed by atoms with Gasteiger partial charge in [0.2, 0.25) is 11.8 Å². The molecule has 0 N–H and O–H groups in total. The summed E-state index contributed by atoms with van der Waals surface area (Å²) in [7, 11) is 0. The van der Waals surface area contributed by atoms with E-state index >= 15 is 0 Å². The molecule has 96 valence electrons. The van der Waals surface area contributed by atoms with Crippen molar-refractivity contribution in [2.45, 2.75) is 31.7 Å². The van der Waals surface area contributed by atoms with Gasteiger partial charge in [0.1, 0.15) is 6.04 Å². The van der Waals surface area contributed by atoms with Gasteiger partial charge in [-0.3, -0.25) is 9.59 Å². The van der Waals surface area contributed by atoms with Crippen molar-refractivity contribution in [2.75, 3.05) is 31.6 Å². The van der Waals surface area contributed by atoms with Crippen LogP contribution in [0.15, 0.2) is 0 Å². The summed E-state index contributed by atoms with van der Waals surface area (Å²) >= 11 is 1.80. The molecule has 1 unspecified atom stereocenters. The van der Waals surface area contributed by atoms with Gasteiger partial charge in [0.15, 0.2) is 0 Å². The predicted octanol–water partition coefficient (Wildman–Crippen LogP) is 0.963. The maximum absolute atomic E-state index is 12.3. The molecule has 0 spiro atoms. The van der Waals surface area contributed by atoms with Gasteiger partial charge in [-0.15, -0.1) is 0 Å². The van der Waals surface area contributed by atoms with E-state index in [9.17, 15) is 9.59 Å². The number of carbonyl (C=O) groups is 2. The predicted molar refractivity (Wildman–Crippen MR) is 68.9 cm³/mol. The summed E-state index contributed by atoms with van der Waals surface area (Å²) in [5.41, 5.74) is 0. The fourth-order valence-electron chi connectivity index (χ4n) is 2.64. The highest BCUT2D eigenvalue weighted by atomic mass is 32.2. The van der Waals surface area contributed by atoms with Crippen LogP contribution in [0.5, 0.6) is 0 Å². The minimum absolute atomic E-state index is 0.153. The molecule has 4 nitrogen and oxygen atoms in total. The molecule has 2 rings (SSSR count). The molecule has 0 aromatic carbocycles. The number of fused-ring (bicyclic) bond motifs is 1. The van der Waals surface area contributed by atoms with E-state index in [1.165, 1.54) is 0 Å². The highest BCUT2D eigenvalue weighted by Crippen LogP contribution is 2.23. The van der Waals surface area contributed by atoms with Gasteiger partial charge in [-0.2, -0.15) is 11.8 Å². The number of carbonyl (C=O) groups excluding carboxylic acids is 2. The topological polar surface area (TPSA) is 40.6 Å². The molecule has 2 aliphatic heterocycles. The lowest BCUT2D eigenvalue weighted by Crippen LogP contribution is -2.43. The first-order valence-corrected chi connectivity index (χ1v) is 7.70. The SMILES string of the molecule is CSCCCN1CCC(=O)N2CCCC2C1=O. The number of amides is 2. The molecule has 17 heavy (non-hydrogen) atoms. The Morgan fingerprint density at radius 3 is 2.94 bits per heavy atom. The van der Waals surface area contributed by atoms with Crippen LogP contribution in [0.3, 0.4) is 0 Å². The molecule has 0 aromatic heterocycles. The lowest BCUT2D eigenvalue weighted by Gasteiger charge is -2.25. The van der Waals surface area contributed by atoms with Crippen molar-refractivity contribution in [3.05, 3.63) is 0 Å². The van der Waals surface area contributed by atoms with Crippen LogP contribution in [0.2, 0.25) is 0 Å². The summed E-state index contributed by atoms with van der Waals surface area (Å²) in [6.07, 6.45) is 5.42. The molecule has 0 radical (unpaired) electrons. The quantitative estimate of drug-likeness (QED) is 0.704. The first-order valence-electron chi connectivity index (χ1n) is 6.31. The second-order valence-corrected chi connectivity index (χ2v) is 5.65. The first kappa shape index (κ1) is 12.7. The van der Waals surface area contributed by atoms with E-state index in [0.29, 0.717) is 13.0 Å². The molecule has 2 aliphatic rings. The third kappa shape index (κ3) is 2.76. The fourth-order valence-corrected chi connectivity index (χ4v) is 3.06. The Bertz CT molecular complexity index is 309. The second kappa shape index (κ2) is 5.76. The Morgan fingerprint density at radius 2 is 2.18 bits per heavy atom. The van der Waals surface area contributed by atoms with Crippen LogP contribution < -0.4 is 0 Å². The van der Waals surface area contributed by atoms with Crippen molar-refractivity contribution in [3.8, 4) is 0 Å². The van der Waals surface area contributed by atoms with Crippen molar-refractivity contribution in [3.63, 3.8) is 0 Å². The third-order valence-electron chi connectivity index (χ3n) is 3.54. The molecular weight excluding hydrogens is 236 g/mol. The summed E-state index contributed by atoms with van der Waals surface area (Å²) in [4.78, 5) is 27.8. The summed E-state index contributed by atoms with van der Waals surface area (Å²) < 4.78 is 0. The van der Waals surface area contributed by atoms with E-state index in [1.54, 1.807) is 16.7 Å². The van der Waals surface area contributed by atoms with Gasteiger partial charge in [0.05, 0.1) is 0 Å². The van der Waals surface area contributed by atoms with Crippen molar-refractivity contribution in [1.29, 1.82) is 0 Å². The zero-order chi connectivity index (χ0) is 12.3. The summed E-state index contributed by atoms with van der Waals surface area (Å²) in [6, 6.07) is -0.153. The molecule has 2 saturated heterocycles. The van der Waals surface area contributed by atoms with E-state index in [-0.39, 0.29) is 17.9 Å². The van der Waals surface area contributed by atoms with Gasteiger partial charge in [0, 0.05) is 26.1 Å². The van der Waals surface area contributed by atoms with Gasteiger partial charge in [-0.1, -0.05) is 0 Å². The molecule has 5 heteroatoms. The third-order valence-corrected chi connectivity index (χ3v) is 4.24. The van der Waals surface area contributed by atoms with Gasteiger partial charge in [-0.05, 0) is 31.3 Å². The lowest BCUT2D eigenvalue weighted by molar-refractivity contribution is -0.139. The van der Waals surface area contributed by atoms with Crippen LogP contribution in [0, 0.1) is 0 Å². The van der Waals surface area contributed by atoms with E-state index in [0.717, 1.165) is 38.1 Å². The maximum atomic E-state index is 12.3. The summed E-state index contributed by atoms with van der Waals surface area (Å²) in [5, 5.41) is 0. The molecular formula is C12H20N2O2S. The molecule has 0 bridgehead atoms. The van der Waals surface area contributed by atoms with Crippen molar-refractivity contribution in [1.82, 2.24) is 9.80 Å². The molecule has 2 amide bonds. The zero-order valence-electron chi connectivity index (χ0n) is 10.4.